The van der Waals surface area contributed by atoms with E-state index in [4.69, 9.17) is 11.6 Å². The van der Waals surface area contributed by atoms with Crippen molar-refractivity contribution in [1.29, 1.82) is 0 Å². The van der Waals surface area contributed by atoms with Crippen molar-refractivity contribution in [3.05, 3.63) is 102 Å². The minimum absolute atomic E-state index is 0.176. The number of carbonyl (C=O) groups excluding carboxylic acids is 4. The highest BCUT2D eigenvalue weighted by molar-refractivity contribution is 6.24. The standard InChI is InChI=1S/C31H30N6O8/c1-19(38)31(28(43)44,36(23-10-6-3-7-11-23)26(41)24(32)16-25(39)40)37-27(42)30(35-29(37)45,17-20-8-4-2-5-9-20)22-14-12-21(13-15-22)18-34-33/h2-15,18,24H,16-17,32-33H2,1H3,(H,35,45)(H,39,40)(H,43,44)/t24-,30+,31-/m0/s1. The zero-order valence-electron chi connectivity index (χ0n) is 24.0. The molecule has 0 unspecified atom stereocenters. The highest BCUT2D eigenvalue weighted by atomic mass is 16.4. The Morgan fingerprint density at radius 3 is 2.07 bits per heavy atom. The Kier molecular flexibility index (Phi) is 9.09. The second-order valence-corrected chi connectivity index (χ2v) is 10.3. The summed E-state index contributed by atoms with van der Waals surface area (Å²) in [4.78, 5) is 81.6. The largest absolute Gasteiger partial charge is 0.481 e. The SMILES string of the molecule is CC(=O)[C@@](C(=O)O)(N1C(=O)N[C@](Cc2ccccc2)(c2ccc(C=NN)cc2)C1=O)N(C(=O)[C@@H](N)CC(=O)O)c1ccccc1. The summed E-state index contributed by atoms with van der Waals surface area (Å²) in [5.41, 5.74) is 1.76. The van der Waals surface area contributed by atoms with Crippen molar-refractivity contribution in [1.82, 2.24) is 10.2 Å². The first kappa shape index (κ1) is 32.0. The third kappa shape index (κ3) is 5.73. The Morgan fingerprint density at radius 1 is 0.978 bits per heavy atom. The summed E-state index contributed by atoms with van der Waals surface area (Å²) < 4.78 is 0. The minimum Gasteiger partial charge on any atom is -0.481 e. The predicted molar refractivity (Wildman–Crippen MR) is 161 cm³/mol. The molecule has 3 aromatic rings. The normalized spacial score (nSPS) is 18.2. The highest BCUT2D eigenvalue weighted by Gasteiger charge is 2.67. The average Bonchev–Trinajstić information content (AvgIpc) is 3.25. The molecule has 45 heavy (non-hydrogen) atoms. The number of para-hydroxylation sites is 1. The van der Waals surface area contributed by atoms with Crippen LogP contribution >= 0.6 is 0 Å². The highest BCUT2D eigenvalue weighted by Crippen LogP contribution is 2.40. The molecule has 3 atom stereocenters. The fourth-order valence-electron chi connectivity index (χ4n) is 5.38. The van der Waals surface area contributed by atoms with Gasteiger partial charge in [-0.25, -0.2) is 14.5 Å². The molecule has 3 aromatic carbocycles. The molecule has 0 aromatic heterocycles. The number of urea groups is 1. The molecule has 0 saturated carbocycles. The Morgan fingerprint density at radius 2 is 1.56 bits per heavy atom. The number of anilines is 1. The van der Waals surface area contributed by atoms with Gasteiger partial charge in [-0.15, -0.1) is 0 Å². The molecule has 14 nitrogen and oxygen atoms in total. The maximum atomic E-state index is 14.7. The Hall–Kier alpha value is -5.89. The monoisotopic (exact) mass is 614 g/mol. The van der Waals surface area contributed by atoms with Crippen molar-refractivity contribution in [2.45, 2.75) is 37.0 Å². The number of rotatable bonds is 12. The van der Waals surface area contributed by atoms with Crippen LogP contribution in [0.3, 0.4) is 0 Å². The number of imide groups is 1. The number of hydrogen-bond donors (Lipinski definition) is 5. The van der Waals surface area contributed by atoms with Gasteiger partial charge in [0.1, 0.15) is 0 Å². The van der Waals surface area contributed by atoms with Gasteiger partial charge in [0.15, 0.2) is 11.3 Å². The van der Waals surface area contributed by atoms with Crippen molar-refractivity contribution >= 4 is 47.5 Å². The first-order valence-electron chi connectivity index (χ1n) is 13.6. The van der Waals surface area contributed by atoms with Gasteiger partial charge < -0.3 is 27.1 Å². The Bertz CT molecular complexity index is 1650. The average molecular weight is 615 g/mol. The van der Waals surface area contributed by atoms with E-state index in [-0.39, 0.29) is 22.6 Å². The summed E-state index contributed by atoms with van der Waals surface area (Å²) in [7, 11) is 0. The predicted octanol–water partition coefficient (Wildman–Crippen LogP) is 1.17. The minimum atomic E-state index is -3.32. The molecule has 1 saturated heterocycles. The number of carboxylic acids is 2. The van der Waals surface area contributed by atoms with Gasteiger partial charge in [0.25, 0.3) is 11.6 Å². The van der Waals surface area contributed by atoms with Crippen LogP contribution in [0.1, 0.15) is 30.0 Å². The second-order valence-electron chi connectivity index (χ2n) is 10.3. The molecule has 4 amide bonds. The molecule has 1 aliphatic rings. The number of Topliss-reactive ketones (excluding diaryl/α,β-unsaturated/α-hetero) is 1. The number of aliphatic carboxylic acids is 2. The molecule has 0 radical (unpaired) electrons. The van der Waals surface area contributed by atoms with Crippen LogP contribution in [0, 0.1) is 0 Å². The van der Waals surface area contributed by atoms with Crippen LogP contribution < -0.4 is 21.8 Å². The molecule has 0 bridgehead atoms. The van der Waals surface area contributed by atoms with Gasteiger partial charge in [-0.3, -0.25) is 24.1 Å². The number of nitrogens with two attached hydrogens (primary N) is 2. The van der Waals surface area contributed by atoms with Crippen LogP contribution in [0.25, 0.3) is 0 Å². The third-order valence-electron chi connectivity index (χ3n) is 7.41. The van der Waals surface area contributed by atoms with Gasteiger partial charge in [-0.05, 0) is 35.7 Å². The fourth-order valence-corrected chi connectivity index (χ4v) is 5.38. The maximum absolute atomic E-state index is 14.7. The van der Waals surface area contributed by atoms with E-state index >= 15 is 0 Å². The maximum Gasteiger partial charge on any atom is 0.360 e. The summed E-state index contributed by atoms with van der Waals surface area (Å²) in [5.74, 6) is -2.07. The number of hydrazone groups is 1. The number of amides is 4. The van der Waals surface area contributed by atoms with Crippen molar-refractivity contribution in [2.24, 2.45) is 16.7 Å². The molecule has 4 rings (SSSR count). The quantitative estimate of drug-likeness (QED) is 0.0643. The topological polar surface area (TPSA) is 226 Å². The number of hydrogen-bond acceptors (Lipinski definition) is 9. The van der Waals surface area contributed by atoms with Crippen molar-refractivity contribution in [3.8, 4) is 0 Å². The molecule has 0 aliphatic carbocycles. The number of carboxylic acid groups (broad SMARTS) is 2. The summed E-state index contributed by atoms with van der Waals surface area (Å²) >= 11 is 0. The smallest absolute Gasteiger partial charge is 0.360 e. The van der Waals surface area contributed by atoms with E-state index in [0.29, 0.717) is 16.0 Å². The van der Waals surface area contributed by atoms with Gasteiger partial charge in [0, 0.05) is 12.1 Å². The molecular formula is C31H30N6O8. The molecule has 7 N–H and O–H groups in total. The molecule has 1 aliphatic heterocycles. The van der Waals surface area contributed by atoms with Crippen LogP contribution in [0.5, 0.6) is 0 Å². The summed E-state index contributed by atoms with van der Waals surface area (Å²) in [6.45, 7) is 0.804. The van der Waals surface area contributed by atoms with Crippen LogP contribution in [0.15, 0.2) is 90.0 Å². The lowest BCUT2D eigenvalue weighted by atomic mass is 9.82. The first-order chi connectivity index (χ1) is 21.4. The lowest BCUT2D eigenvalue weighted by Gasteiger charge is -2.43. The van der Waals surface area contributed by atoms with E-state index in [1.54, 1.807) is 42.5 Å². The van der Waals surface area contributed by atoms with E-state index in [1.165, 1.54) is 48.7 Å². The summed E-state index contributed by atoms with van der Waals surface area (Å²) in [6.07, 6.45) is 0.237. The molecule has 0 spiro atoms. The van der Waals surface area contributed by atoms with Gasteiger partial charge in [-0.1, -0.05) is 72.8 Å². The Labute approximate surface area is 256 Å². The van der Waals surface area contributed by atoms with Crippen molar-refractivity contribution in [3.63, 3.8) is 0 Å². The van der Waals surface area contributed by atoms with Gasteiger partial charge >= 0.3 is 18.0 Å². The van der Waals surface area contributed by atoms with E-state index in [1.807, 2.05) is 0 Å². The molecule has 1 heterocycles. The van der Waals surface area contributed by atoms with Gasteiger partial charge in [0.05, 0.1) is 18.7 Å². The summed E-state index contributed by atoms with van der Waals surface area (Å²) in [6, 6.07) is 18.5. The van der Waals surface area contributed by atoms with Crippen LogP contribution in [-0.2, 0) is 35.9 Å². The molecule has 1 fully saturated rings. The van der Waals surface area contributed by atoms with E-state index in [0.717, 1.165) is 6.92 Å². The van der Waals surface area contributed by atoms with E-state index in [2.05, 4.69) is 10.4 Å². The lowest BCUT2D eigenvalue weighted by Crippen LogP contribution is -2.74. The zero-order valence-corrected chi connectivity index (χ0v) is 24.0. The number of carbonyl (C=O) groups is 6. The lowest BCUT2D eigenvalue weighted by molar-refractivity contribution is -0.162. The summed E-state index contributed by atoms with van der Waals surface area (Å²) in [5, 5.41) is 26.2. The van der Waals surface area contributed by atoms with E-state index < -0.39 is 59.2 Å². The fraction of sp³-hybridized carbons (Fsp3) is 0.194. The van der Waals surface area contributed by atoms with Crippen molar-refractivity contribution < 1.29 is 39.0 Å². The second kappa shape index (κ2) is 12.8. The number of nitrogens with zero attached hydrogens (tertiary/aromatic N) is 3. The van der Waals surface area contributed by atoms with E-state index in [9.17, 15) is 39.0 Å². The van der Waals surface area contributed by atoms with Crippen LogP contribution in [0.2, 0.25) is 0 Å². The van der Waals surface area contributed by atoms with Crippen molar-refractivity contribution in [2.75, 3.05) is 4.90 Å². The zero-order chi connectivity index (χ0) is 32.9. The molecule has 14 heteroatoms. The number of ketones is 1. The number of benzene rings is 3. The van der Waals surface area contributed by atoms with Gasteiger partial charge in [0.2, 0.25) is 5.91 Å². The molecular weight excluding hydrogens is 584 g/mol. The van der Waals surface area contributed by atoms with Crippen LogP contribution in [0.4, 0.5) is 10.5 Å². The van der Waals surface area contributed by atoms with Gasteiger partial charge in [-0.2, -0.15) is 5.10 Å². The molecule has 232 valence electrons. The first-order valence-corrected chi connectivity index (χ1v) is 13.6. The third-order valence-corrected chi connectivity index (χ3v) is 7.41. The van der Waals surface area contributed by atoms with Crippen LogP contribution in [-0.4, -0.2) is 68.6 Å². The number of nitrogens with one attached hydrogen (secondary N) is 1. The Balaban J connectivity index is 1.99.